The Kier molecular flexibility index (Phi) is 4.73. The minimum Gasteiger partial charge on any atom is -0.406 e. The summed E-state index contributed by atoms with van der Waals surface area (Å²) >= 11 is 0. The van der Waals surface area contributed by atoms with Crippen LogP contribution in [0, 0.1) is 6.92 Å². The van der Waals surface area contributed by atoms with E-state index in [0.29, 0.717) is 29.2 Å². The van der Waals surface area contributed by atoms with E-state index in [0.717, 1.165) is 30.7 Å². The molecule has 0 unspecified atom stereocenters. The highest BCUT2D eigenvalue weighted by Gasteiger charge is 2.34. The number of carbonyl (C=O) groups excluding carboxylic acids is 1. The van der Waals surface area contributed by atoms with Crippen LogP contribution in [0.3, 0.4) is 0 Å². The van der Waals surface area contributed by atoms with Crippen molar-refractivity contribution in [2.75, 3.05) is 0 Å². The van der Waals surface area contributed by atoms with E-state index in [1.165, 1.54) is 18.2 Å². The van der Waals surface area contributed by atoms with Gasteiger partial charge in [-0.2, -0.15) is 0 Å². The first kappa shape index (κ1) is 18.4. The Morgan fingerprint density at radius 1 is 1.35 bits per heavy atom. The molecule has 1 aliphatic rings. The summed E-state index contributed by atoms with van der Waals surface area (Å²) in [4.78, 5) is 12.1. The molecule has 0 radical (unpaired) electrons. The van der Waals surface area contributed by atoms with Gasteiger partial charge in [-0.25, -0.2) is 0 Å². The molecule has 0 spiro atoms. The average Bonchev–Trinajstić information content (AvgIpc) is 3.31. The van der Waals surface area contributed by atoms with Crippen LogP contribution in [0.2, 0.25) is 0 Å². The number of nitrogens with zero attached hydrogens (tertiary/aromatic N) is 1. The molecule has 2 aromatic rings. The van der Waals surface area contributed by atoms with Crippen LogP contribution < -0.4 is 10.5 Å². The minimum absolute atomic E-state index is 0.315. The van der Waals surface area contributed by atoms with Gasteiger partial charge in [0.25, 0.3) is 5.91 Å². The zero-order valence-corrected chi connectivity index (χ0v) is 14.7. The van der Waals surface area contributed by atoms with Crippen LogP contribution in [0.4, 0.5) is 13.2 Å². The van der Waals surface area contributed by atoms with Crippen molar-refractivity contribution in [2.45, 2.75) is 51.9 Å². The molecule has 1 aromatic carbocycles. The smallest absolute Gasteiger partial charge is 0.406 e. The standard InChI is InChI=1S/C19H21F3N2O2/c1-3-5-15-17(12-6-4-7-14(10-12)26-19(20,21)22)16(18(23)25)11(2)24(15)13-8-9-13/h4,6-7,10,13H,3,5,8-9H2,1-2H3,(H2,23,25). The van der Waals surface area contributed by atoms with E-state index in [9.17, 15) is 18.0 Å². The molecule has 2 N–H and O–H groups in total. The number of alkyl halides is 3. The van der Waals surface area contributed by atoms with Crippen molar-refractivity contribution in [2.24, 2.45) is 5.73 Å². The maximum Gasteiger partial charge on any atom is 0.573 e. The second-order valence-electron chi connectivity index (χ2n) is 6.57. The van der Waals surface area contributed by atoms with Crippen molar-refractivity contribution < 1.29 is 22.7 Å². The summed E-state index contributed by atoms with van der Waals surface area (Å²) in [5, 5.41) is 0. The Labute approximate surface area is 149 Å². The van der Waals surface area contributed by atoms with Crippen LogP contribution in [0.5, 0.6) is 5.75 Å². The highest BCUT2D eigenvalue weighted by molar-refractivity contribution is 6.02. The highest BCUT2D eigenvalue weighted by atomic mass is 19.4. The van der Waals surface area contributed by atoms with E-state index < -0.39 is 12.3 Å². The average molecular weight is 366 g/mol. The van der Waals surface area contributed by atoms with E-state index in [1.807, 2.05) is 13.8 Å². The number of rotatable bonds is 6. The first-order valence-corrected chi connectivity index (χ1v) is 8.62. The fraction of sp³-hybridized carbons (Fsp3) is 0.421. The molecule has 1 saturated carbocycles. The van der Waals surface area contributed by atoms with Gasteiger partial charge >= 0.3 is 6.36 Å². The van der Waals surface area contributed by atoms with Crippen molar-refractivity contribution in [3.05, 3.63) is 41.2 Å². The van der Waals surface area contributed by atoms with Crippen LogP contribution in [0.25, 0.3) is 11.1 Å². The second kappa shape index (κ2) is 6.70. The second-order valence-corrected chi connectivity index (χ2v) is 6.57. The van der Waals surface area contributed by atoms with Crippen molar-refractivity contribution in [1.29, 1.82) is 0 Å². The van der Waals surface area contributed by atoms with E-state index in [2.05, 4.69) is 9.30 Å². The predicted molar refractivity (Wildman–Crippen MR) is 92.1 cm³/mol. The number of primary amides is 1. The SMILES string of the molecule is CCCc1c(-c2cccc(OC(F)(F)F)c2)c(C(N)=O)c(C)n1C1CC1. The highest BCUT2D eigenvalue weighted by Crippen LogP contribution is 2.44. The van der Waals surface area contributed by atoms with Gasteiger partial charge in [0, 0.05) is 23.0 Å². The van der Waals surface area contributed by atoms with E-state index in [-0.39, 0.29) is 5.75 Å². The third kappa shape index (κ3) is 3.57. The molecule has 140 valence electrons. The summed E-state index contributed by atoms with van der Waals surface area (Å²) < 4.78 is 43.9. The van der Waals surface area contributed by atoms with Crippen LogP contribution in [-0.4, -0.2) is 16.8 Å². The van der Waals surface area contributed by atoms with Crippen LogP contribution in [0.1, 0.15) is 54.0 Å². The molecule has 3 rings (SSSR count). The number of hydrogen-bond donors (Lipinski definition) is 1. The lowest BCUT2D eigenvalue weighted by atomic mass is 9.98. The number of amides is 1. The molecular weight excluding hydrogens is 345 g/mol. The lowest BCUT2D eigenvalue weighted by molar-refractivity contribution is -0.274. The molecule has 1 heterocycles. The Bertz CT molecular complexity index is 836. The monoisotopic (exact) mass is 366 g/mol. The first-order valence-electron chi connectivity index (χ1n) is 8.62. The molecule has 1 fully saturated rings. The molecule has 7 heteroatoms. The largest absolute Gasteiger partial charge is 0.573 e. The van der Waals surface area contributed by atoms with Gasteiger partial charge in [0.1, 0.15) is 5.75 Å². The maximum atomic E-state index is 12.6. The van der Waals surface area contributed by atoms with E-state index in [1.54, 1.807) is 6.07 Å². The van der Waals surface area contributed by atoms with Crippen molar-refractivity contribution in [3.8, 4) is 16.9 Å². The van der Waals surface area contributed by atoms with Crippen LogP contribution >= 0.6 is 0 Å². The molecule has 1 aromatic heterocycles. The fourth-order valence-electron chi connectivity index (χ4n) is 3.54. The van der Waals surface area contributed by atoms with E-state index >= 15 is 0 Å². The summed E-state index contributed by atoms with van der Waals surface area (Å²) in [6.07, 6.45) is -1.15. The zero-order valence-electron chi connectivity index (χ0n) is 14.7. The molecular formula is C19H21F3N2O2. The first-order chi connectivity index (χ1) is 12.2. The number of hydrogen-bond acceptors (Lipinski definition) is 2. The quantitative estimate of drug-likeness (QED) is 0.802. The normalized spacial score (nSPS) is 14.5. The third-order valence-electron chi connectivity index (χ3n) is 4.55. The van der Waals surface area contributed by atoms with Crippen LogP contribution in [0.15, 0.2) is 24.3 Å². The number of ether oxygens (including phenoxy) is 1. The third-order valence-corrected chi connectivity index (χ3v) is 4.55. The molecule has 4 nitrogen and oxygen atoms in total. The van der Waals surface area contributed by atoms with Gasteiger partial charge in [-0.05, 0) is 43.9 Å². The minimum atomic E-state index is -4.77. The van der Waals surface area contributed by atoms with Crippen molar-refractivity contribution in [1.82, 2.24) is 4.57 Å². The van der Waals surface area contributed by atoms with Gasteiger partial charge in [0.15, 0.2) is 0 Å². The number of nitrogens with two attached hydrogens (primary N) is 1. The zero-order chi connectivity index (χ0) is 19.1. The van der Waals surface area contributed by atoms with Gasteiger partial charge in [-0.1, -0.05) is 25.5 Å². The molecule has 0 atom stereocenters. The molecule has 0 bridgehead atoms. The van der Waals surface area contributed by atoms with Crippen LogP contribution in [-0.2, 0) is 6.42 Å². The van der Waals surface area contributed by atoms with Gasteiger partial charge in [0.2, 0.25) is 0 Å². The number of halogens is 3. The maximum absolute atomic E-state index is 12.6. The summed E-state index contributed by atoms with van der Waals surface area (Å²) in [7, 11) is 0. The summed E-state index contributed by atoms with van der Waals surface area (Å²) in [6, 6.07) is 6.05. The molecule has 0 saturated heterocycles. The fourth-order valence-corrected chi connectivity index (χ4v) is 3.54. The Hall–Kier alpha value is -2.44. The van der Waals surface area contributed by atoms with Gasteiger partial charge in [-0.15, -0.1) is 13.2 Å². The lowest BCUT2D eigenvalue weighted by Crippen LogP contribution is -2.17. The van der Waals surface area contributed by atoms with Crippen molar-refractivity contribution in [3.63, 3.8) is 0 Å². The Morgan fingerprint density at radius 2 is 2.04 bits per heavy atom. The molecule has 1 aliphatic carbocycles. The van der Waals surface area contributed by atoms with Gasteiger partial charge < -0.3 is 15.0 Å². The van der Waals surface area contributed by atoms with Gasteiger partial charge in [0.05, 0.1) is 5.56 Å². The summed E-state index contributed by atoms with van der Waals surface area (Å²) in [5.74, 6) is -0.888. The topological polar surface area (TPSA) is 57.2 Å². The molecule has 0 aliphatic heterocycles. The Balaban J connectivity index is 2.19. The summed E-state index contributed by atoms with van der Waals surface area (Å²) in [5.41, 5.74) is 8.86. The predicted octanol–water partition coefficient (Wildman–Crippen LogP) is 4.75. The molecule has 1 amide bonds. The number of aromatic nitrogens is 1. The number of carbonyl (C=O) groups is 1. The van der Waals surface area contributed by atoms with Gasteiger partial charge in [-0.3, -0.25) is 4.79 Å². The van der Waals surface area contributed by atoms with Crippen molar-refractivity contribution >= 4 is 5.91 Å². The Morgan fingerprint density at radius 3 is 2.58 bits per heavy atom. The lowest BCUT2D eigenvalue weighted by Gasteiger charge is -2.13. The van der Waals surface area contributed by atoms with E-state index in [4.69, 9.17) is 5.73 Å². The summed E-state index contributed by atoms with van der Waals surface area (Å²) in [6.45, 7) is 3.87. The number of benzene rings is 1. The molecule has 26 heavy (non-hydrogen) atoms.